The summed E-state index contributed by atoms with van der Waals surface area (Å²) in [5, 5.41) is 13.4. The molecule has 0 aromatic heterocycles. The van der Waals surface area contributed by atoms with Gasteiger partial charge in [0.2, 0.25) is 0 Å². The monoisotopic (exact) mass is 311 g/mol. The molecule has 0 aliphatic rings. The third-order valence-electron chi connectivity index (χ3n) is 1.25. The van der Waals surface area contributed by atoms with Crippen LogP contribution >= 0.6 is 15.2 Å². The number of aliphatic hydroxyl groups is 1. The second-order valence-corrected chi connectivity index (χ2v) is 6.21. The SMILES string of the molecule is N#CCC(O)(P(=O)(O)O)P(=O)(O)O.[H-].[H-].[K+].[K+]. The number of rotatable bonds is 3. The van der Waals surface area contributed by atoms with E-state index >= 15 is 0 Å². The molecule has 5 N–H and O–H groups in total. The first kappa shape index (κ1) is 23.1. The van der Waals surface area contributed by atoms with Crippen molar-refractivity contribution in [3.05, 3.63) is 0 Å². The van der Waals surface area contributed by atoms with E-state index < -0.39 is 26.7 Å². The predicted molar refractivity (Wildman–Crippen MR) is 41.5 cm³/mol. The van der Waals surface area contributed by atoms with Crippen molar-refractivity contribution in [2.75, 3.05) is 0 Å². The minimum Gasteiger partial charge on any atom is -1.00 e. The number of nitriles is 1. The molecule has 0 fully saturated rings. The van der Waals surface area contributed by atoms with Gasteiger partial charge in [-0.15, -0.1) is 0 Å². The van der Waals surface area contributed by atoms with Crippen LogP contribution in [0.15, 0.2) is 0 Å². The molecule has 0 saturated carbocycles. The third kappa shape index (κ3) is 6.14. The molecular weight excluding hydrogens is 302 g/mol. The molecule has 8 nitrogen and oxygen atoms in total. The topological polar surface area (TPSA) is 159 Å². The maximum atomic E-state index is 10.5. The molecule has 0 spiro atoms. The van der Waals surface area contributed by atoms with E-state index in [2.05, 4.69) is 0 Å². The summed E-state index contributed by atoms with van der Waals surface area (Å²) >= 11 is 0. The van der Waals surface area contributed by atoms with Crippen LogP contribution in [-0.2, 0) is 9.13 Å². The Bertz CT molecular complexity index is 315. The van der Waals surface area contributed by atoms with Gasteiger partial charge in [-0.05, 0) is 0 Å². The molecule has 0 unspecified atom stereocenters. The predicted octanol–water partition coefficient (Wildman–Crippen LogP) is -6.87. The van der Waals surface area contributed by atoms with Crippen LogP contribution in [0.2, 0.25) is 0 Å². The molecule has 0 aromatic carbocycles. The first-order valence-electron chi connectivity index (χ1n) is 2.77. The molecular formula is C3H9K2NO7P2. The number of nitrogens with zero attached hydrogens (tertiary/aromatic N) is 1. The van der Waals surface area contributed by atoms with E-state index in [1.54, 1.807) is 0 Å². The van der Waals surface area contributed by atoms with Crippen LogP contribution in [0.5, 0.6) is 0 Å². The van der Waals surface area contributed by atoms with Gasteiger partial charge in [0.15, 0.2) is 0 Å². The summed E-state index contributed by atoms with van der Waals surface area (Å²) in [7, 11) is -10.9. The van der Waals surface area contributed by atoms with Crippen molar-refractivity contribution in [1.29, 1.82) is 5.26 Å². The summed E-state index contributed by atoms with van der Waals surface area (Å²) in [4.78, 5) is 33.7. The Kier molecular flexibility index (Phi) is 12.7. The Balaban J connectivity index is -0.000000120. The fourth-order valence-corrected chi connectivity index (χ4v) is 2.39. The van der Waals surface area contributed by atoms with Crippen LogP contribution in [0.1, 0.15) is 9.27 Å². The number of hydrogen-bond acceptors (Lipinski definition) is 4. The number of hydrogen-bond donors (Lipinski definition) is 5. The molecule has 0 atom stereocenters. The van der Waals surface area contributed by atoms with Crippen molar-refractivity contribution >= 4 is 15.2 Å². The standard InChI is InChI=1S/C3H7NO7P2.2K.2H/c4-2-1-3(5,12(6,7)8)13(9,10)11;;;;/h5H,1H2,(H2,6,7,8)(H2,9,10,11);;;;/q;2*+1;2*-1. The van der Waals surface area contributed by atoms with Crippen LogP contribution in [0, 0.1) is 11.3 Å². The molecule has 0 radical (unpaired) electrons. The van der Waals surface area contributed by atoms with E-state index in [1.807, 2.05) is 0 Å². The van der Waals surface area contributed by atoms with Gasteiger partial charge in [-0.25, -0.2) is 0 Å². The van der Waals surface area contributed by atoms with Crippen molar-refractivity contribution in [3.8, 4) is 6.07 Å². The average Bonchev–Trinajstić information content (AvgIpc) is 1.82. The molecule has 0 amide bonds. The summed E-state index contributed by atoms with van der Waals surface area (Å²) < 4.78 is 21.0. The van der Waals surface area contributed by atoms with E-state index in [4.69, 9.17) is 29.9 Å². The van der Waals surface area contributed by atoms with Crippen molar-refractivity contribution < 1.29 is 139 Å². The zero-order valence-electron chi connectivity index (χ0n) is 10.1. The fraction of sp³-hybridized carbons (Fsp3) is 0.667. The van der Waals surface area contributed by atoms with E-state index in [0.717, 1.165) is 6.07 Å². The molecule has 0 heterocycles. The van der Waals surface area contributed by atoms with Crippen molar-refractivity contribution in [2.45, 2.75) is 11.5 Å². The van der Waals surface area contributed by atoms with Gasteiger partial charge in [0.05, 0.1) is 12.5 Å². The van der Waals surface area contributed by atoms with E-state index in [9.17, 15) is 9.13 Å². The molecule has 0 bridgehead atoms. The van der Waals surface area contributed by atoms with Crippen LogP contribution < -0.4 is 103 Å². The zero-order valence-corrected chi connectivity index (χ0v) is 16.1. The van der Waals surface area contributed by atoms with Crippen molar-refractivity contribution in [3.63, 3.8) is 0 Å². The summed E-state index contributed by atoms with van der Waals surface area (Å²) in [6.45, 7) is 0. The van der Waals surface area contributed by atoms with Crippen LogP contribution in [0.25, 0.3) is 0 Å². The fourth-order valence-electron chi connectivity index (χ4n) is 0.482. The van der Waals surface area contributed by atoms with Gasteiger partial charge in [-0.2, -0.15) is 5.26 Å². The smallest absolute Gasteiger partial charge is 1.00 e. The van der Waals surface area contributed by atoms with E-state index in [1.165, 1.54) is 0 Å². The molecule has 80 valence electrons. The normalized spacial score (nSPS) is 12.0. The summed E-state index contributed by atoms with van der Waals surface area (Å²) in [5.74, 6) is 0. The molecule has 12 heteroatoms. The maximum absolute atomic E-state index is 10.5. The van der Waals surface area contributed by atoms with Gasteiger partial charge >= 0.3 is 118 Å². The summed E-state index contributed by atoms with van der Waals surface area (Å²) in [5.41, 5.74) is 0. The van der Waals surface area contributed by atoms with Crippen molar-refractivity contribution in [1.82, 2.24) is 0 Å². The van der Waals surface area contributed by atoms with Crippen LogP contribution in [-0.4, -0.2) is 29.8 Å². The van der Waals surface area contributed by atoms with Gasteiger partial charge < -0.3 is 27.5 Å². The maximum Gasteiger partial charge on any atom is 1.00 e. The minimum absolute atomic E-state index is 0. The van der Waals surface area contributed by atoms with Gasteiger partial charge in [-0.1, -0.05) is 0 Å². The van der Waals surface area contributed by atoms with Gasteiger partial charge in [0.25, 0.3) is 5.08 Å². The molecule has 0 rings (SSSR count). The third-order valence-corrected chi connectivity index (χ3v) is 4.99. The minimum atomic E-state index is -5.46. The van der Waals surface area contributed by atoms with Gasteiger partial charge in [0.1, 0.15) is 0 Å². The molecule has 0 aliphatic heterocycles. The quantitative estimate of drug-likeness (QED) is 0.254. The van der Waals surface area contributed by atoms with E-state index in [0.29, 0.717) is 0 Å². The second-order valence-electron chi connectivity index (χ2n) is 2.20. The summed E-state index contributed by atoms with van der Waals surface area (Å²) in [6, 6.07) is 1.09. The Labute approximate surface area is 174 Å². The molecule has 0 aromatic rings. The van der Waals surface area contributed by atoms with Crippen LogP contribution in [0.4, 0.5) is 0 Å². The van der Waals surface area contributed by atoms with E-state index in [-0.39, 0.29) is 106 Å². The Morgan fingerprint density at radius 1 is 1.13 bits per heavy atom. The Hall–Kier alpha value is 3.02. The molecule has 0 aliphatic carbocycles. The zero-order chi connectivity index (χ0) is 10.9. The molecule has 15 heavy (non-hydrogen) atoms. The van der Waals surface area contributed by atoms with Crippen LogP contribution in [0.3, 0.4) is 0 Å². The first-order chi connectivity index (χ1) is 5.56. The Morgan fingerprint density at radius 3 is 1.47 bits per heavy atom. The largest absolute Gasteiger partial charge is 1.00 e. The second kappa shape index (κ2) is 8.24. The summed E-state index contributed by atoms with van der Waals surface area (Å²) in [6.07, 6.45) is -1.35. The van der Waals surface area contributed by atoms with Gasteiger partial charge in [0, 0.05) is 0 Å². The molecule has 0 saturated heterocycles. The Morgan fingerprint density at radius 2 is 1.40 bits per heavy atom. The first-order valence-corrected chi connectivity index (χ1v) is 5.99. The van der Waals surface area contributed by atoms with Gasteiger partial charge in [-0.3, -0.25) is 9.13 Å². The van der Waals surface area contributed by atoms with Crippen molar-refractivity contribution in [2.24, 2.45) is 0 Å². The average molecular weight is 311 g/mol.